The summed E-state index contributed by atoms with van der Waals surface area (Å²) in [6, 6.07) is 9.92. The van der Waals surface area contributed by atoms with Crippen molar-refractivity contribution in [3.05, 3.63) is 63.3 Å². The number of aromatic amines is 1. The third-order valence-corrected chi connectivity index (χ3v) is 6.44. The molecule has 0 aliphatic carbocycles. The first kappa shape index (κ1) is 17.0. The molecule has 1 unspecified atom stereocenters. The van der Waals surface area contributed by atoms with Gasteiger partial charge in [-0.05, 0) is 38.5 Å². The lowest BCUT2D eigenvalue weighted by molar-refractivity contribution is 0.861. The lowest BCUT2D eigenvalue weighted by Gasteiger charge is -2.11. The molecule has 6 nitrogen and oxygen atoms in total. The van der Waals surface area contributed by atoms with E-state index in [1.165, 1.54) is 11.8 Å². The van der Waals surface area contributed by atoms with Gasteiger partial charge in [0.1, 0.15) is 17.0 Å². The van der Waals surface area contributed by atoms with E-state index >= 15 is 0 Å². The van der Waals surface area contributed by atoms with Crippen LogP contribution in [-0.4, -0.2) is 24.7 Å². The van der Waals surface area contributed by atoms with Gasteiger partial charge in [0.05, 0.1) is 10.6 Å². The van der Waals surface area contributed by atoms with E-state index < -0.39 is 0 Å². The molecule has 132 valence electrons. The third-order valence-electron chi connectivity index (χ3n) is 4.28. The van der Waals surface area contributed by atoms with E-state index in [1.54, 1.807) is 17.7 Å². The summed E-state index contributed by atoms with van der Waals surface area (Å²) in [6.07, 6.45) is 1.69. The maximum atomic E-state index is 12.5. The van der Waals surface area contributed by atoms with Crippen LogP contribution in [0.15, 0.2) is 46.6 Å². The maximum Gasteiger partial charge on any atom is 0.259 e. The molecule has 3 aromatic heterocycles. The van der Waals surface area contributed by atoms with Gasteiger partial charge in [-0.1, -0.05) is 30.0 Å². The van der Waals surface area contributed by atoms with Gasteiger partial charge in [0, 0.05) is 10.6 Å². The van der Waals surface area contributed by atoms with Crippen molar-refractivity contribution in [1.82, 2.24) is 24.7 Å². The molecular formula is C18H17N5OS2. The smallest absolute Gasteiger partial charge is 0.259 e. The van der Waals surface area contributed by atoms with Crippen molar-refractivity contribution in [1.29, 1.82) is 0 Å². The Labute approximate surface area is 158 Å². The van der Waals surface area contributed by atoms with Gasteiger partial charge >= 0.3 is 0 Å². The van der Waals surface area contributed by atoms with E-state index in [-0.39, 0.29) is 10.8 Å². The van der Waals surface area contributed by atoms with Crippen molar-refractivity contribution in [3.63, 3.8) is 0 Å². The lowest BCUT2D eigenvalue weighted by atomic mass is 10.2. The topological polar surface area (TPSA) is 76.5 Å². The van der Waals surface area contributed by atoms with Gasteiger partial charge in [0.2, 0.25) is 0 Å². The van der Waals surface area contributed by atoms with Crippen molar-refractivity contribution in [3.8, 4) is 5.69 Å². The molecule has 0 saturated carbocycles. The molecule has 4 aromatic rings. The minimum atomic E-state index is -0.0798. The highest BCUT2D eigenvalue weighted by molar-refractivity contribution is 7.99. The largest absolute Gasteiger partial charge is 0.309 e. The van der Waals surface area contributed by atoms with Crippen LogP contribution in [0.3, 0.4) is 0 Å². The number of benzene rings is 1. The second-order valence-corrected chi connectivity index (χ2v) is 8.50. The summed E-state index contributed by atoms with van der Waals surface area (Å²) >= 11 is 3.07. The normalized spacial score (nSPS) is 12.6. The van der Waals surface area contributed by atoms with E-state index in [9.17, 15) is 4.79 Å². The first-order valence-corrected chi connectivity index (χ1v) is 9.86. The standard InChI is InChI=1S/C18H17N5OS2/c1-10-11(2)25-17-14(10)16(24)20-15(21-17)12(3)26-18-22-19-9-23(18)13-7-5-4-6-8-13/h4-9,12H,1-3H3,(H,20,21,24). The molecule has 0 aliphatic rings. The molecule has 1 N–H and O–H groups in total. The van der Waals surface area contributed by atoms with Gasteiger partial charge in [-0.3, -0.25) is 9.36 Å². The zero-order valence-electron chi connectivity index (χ0n) is 14.6. The predicted octanol–water partition coefficient (Wildman–Crippen LogP) is 4.04. The Morgan fingerprint density at radius 3 is 2.77 bits per heavy atom. The van der Waals surface area contributed by atoms with E-state index in [2.05, 4.69) is 20.2 Å². The summed E-state index contributed by atoms with van der Waals surface area (Å²) in [6.45, 7) is 5.98. The van der Waals surface area contributed by atoms with E-state index in [0.717, 1.165) is 26.1 Å². The zero-order chi connectivity index (χ0) is 18.3. The monoisotopic (exact) mass is 383 g/mol. The number of hydrogen-bond donors (Lipinski definition) is 1. The van der Waals surface area contributed by atoms with Gasteiger partial charge in [-0.25, -0.2) is 4.98 Å². The zero-order valence-corrected chi connectivity index (χ0v) is 16.2. The Bertz CT molecular complexity index is 1130. The number of para-hydroxylation sites is 1. The van der Waals surface area contributed by atoms with Gasteiger partial charge in [0.25, 0.3) is 5.56 Å². The minimum absolute atomic E-state index is 0.0681. The molecule has 3 heterocycles. The second-order valence-electron chi connectivity index (χ2n) is 5.99. The number of aromatic nitrogens is 5. The highest BCUT2D eigenvalue weighted by Crippen LogP contribution is 2.34. The Kier molecular flexibility index (Phi) is 4.37. The van der Waals surface area contributed by atoms with Gasteiger partial charge in [-0.2, -0.15) is 0 Å². The van der Waals surface area contributed by atoms with Crippen LogP contribution in [0.25, 0.3) is 15.9 Å². The molecule has 0 amide bonds. The molecule has 0 fully saturated rings. The van der Waals surface area contributed by atoms with Gasteiger partial charge in [-0.15, -0.1) is 21.5 Å². The van der Waals surface area contributed by atoms with Crippen LogP contribution in [0, 0.1) is 13.8 Å². The minimum Gasteiger partial charge on any atom is -0.309 e. The van der Waals surface area contributed by atoms with E-state index in [1.807, 2.05) is 55.7 Å². The van der Waals surface area contributed by atoms with Crippen molar-refractivity contribution >= 4 is 33.3 Å². The second kappa shape index (κ2) is 6.69. The molecule has 0 radical (unpaired) electrons. The number of fused-ring (bicyclic) bond motifs is 1. The first-order chi connectivity index (χ1) is 12.5. The van der Waals surface area contributed by atoms with Crippen LogP contribution in [0.1, 0.15) is 28.4 Å². The van der Waals surface area contributed by atoms with Crippen LogP contribution in [0.5, 0.6) is 0 Å². The third kappa shape index (κ3) is 2.95. The molecule has 0 aliphatic heterocycles. The summed E-state index contributed by atoms with van der Waals surface area (Å²) in [5.41, 5.74) is 1.92. The van der Waals surface area contributed by atoms with E-state index in [4.69, 9.17) is 0 Å². The Hall–Kier alpha value is -2.45. The van der Waals surface area contributed by atoms with Crippen molar-refractivity contribution in [2.24, 2.45) is 0 Å². The first-order valence-electron chi connectivity index (χ1n) is 8.16. The van der Waals surface area contributed by atoms with Gasteiger partial charge < -0.3 is 4.98 Å². The maximum absolute atomic E-state index is 12.5. The fourth-order valence-corrected chi connectivity index (χ4v) is 4.69. The summed E-state index contributed by atoms with van der Waals surface area (Å²) in [7, 11) is 0. The molecule has 4 rings (SSSR count). The molecule has 0 spiro atoms. The number of thiophene rings is 1. The van der Waals surface area contributed by atoms with Crippen molar-refractivity contribution in [2.45, 2.75) is 31.2 Å². The molecule has 1 atom stereocenters. The lowest BCUT2D eigenvalue weighted by Crippen LogP contribution is -2.12. The van der Waals surface area contributed by atoms with E-state index in [0.29, 0.717) is 11.2 Å². The fourth-order valence-electron chi connectivity index (χ4n) is 2.75. The number of aryl methyl sites for hydroxylation is 2. The SMILES string of the molecule is Cc1sc2nc(C(C)Sc3nncn3-c3ccccc3)[nH]c(=O)c2c1C. The van der Waals surface area contributed by atoms with Crippen LogP contribution >= 0.6 is 23.1 Å². The highest BCUT2D eigenvalue weighted by Gasteiger charge is 2.18. The Balaban J connectivity index is 1.68. The molecular weight excluding hydrogens is 366 g/mol. The molecule has 1 aromatic carbocycles. The summed E-state index contributed by atoms with van der Waals surface area (Å²) in [5.74, 6) is 0.649. The summed E-state index contributed by atoms with van der Waals surface area (Å²) in [4.78, 5) is 22.0. The number of nitrogens with zero attached hydrogens (tertiary/aromatic N) is 4. The van der Waals surface area contributed by atoms with Crippen LogP contribution in [-0.2, 0) is 0 Å². The summed E-state index contributed by atoms with van der Waals surface area (Å²) in [5, 5.41) is 9.63. The number of H-pyrrole nitrogens is 1. The fraction of sp³-hybridized carbons (Fsp3) is 0.222. The number of hydrogen-bond acceptors (Lipinski definition) is 6. The summed E-state index contributed by atoms with van der Waals surface area (Å²) < 4.78 is 1.93. The quantitative estimate of drug-likeness (QED) is 0.538. The van der Waals surface area contributed by atoms with Crippen LogP contribution in [0.4, 0.5) is 0 Å². The molecule has 8 heteroatoms. The Morgan fingerprint density at radius 2 is 2.00 bits per heavy atom. The van der Waals surface area contributed by atoms with Crippen LogP contribution in [0.2, 0.25) is 0 Å². The molecule has 0 saturated heterocycles. The Morgan fingerprint density at radius 1 is 1.23 bits per heavy atom. The van der Waals surface area contributed by atoms with Crippen LogP contribution < -0.4 is 5.56 Å². The van der Waals surface area contributed by atoms with Crippen molar-refractivity contribution < 1.29 is 0 Å². The average molecular weight is 384 g/mol. The number of rotatable bonds is 4. The molecule has 0 bridgehead atoms. The molecule has 26 heavy (non-hydrogen) atoms. The number of thioether (sulfide) groups is 1. The average Bonchev–Trinajstić information content (AvgIpc) is 3.20. The number of nitrogens with one attached hydrogen (secondary N) is 1. The highest BCUT2D eigenvalue weighted by atomic mass is 32.2. The predicted molar refractivity (Wildman–Crippen MR) is 105 cm³/mol. The van der Waals surface area contributed by atoms with Crippen molar-refractivity contribution in [2.75, 3.05) is 0 Å². The van der Waals surface area contributed by atoms with Gasteiger partial charge in [0.15, 0.2) is 5.16 Å².